The van der Waals surface area contributed by atoms with Crippen LogP contribution in [0.5, 0.6) is 0 Å². The van der Waals surface area contributed by atoms with E-state index in [2.05, 4.69) is 21.0 Å². The van der Waals surface area contributed by atoms with E-state index in [-0.39, 0.29) is 18.3 Å². The lowest BCUT2D eigenvalue weighted by atomic mass is 9.95. The molecule has 2 aromatic rings. The van der Waals surface area contributed by atoms with Gasteiger partial charge in [0.05, 0.1) is 22.5 Å². The van der Waals surface area contributed by atoms with Crippen LogP contribution >= 0.6 is 15.9 Å². The molecule has 1 heterocycles. The highest BCUT2D eigenvalue weighted by Gasteiger charge is 2.19. The molecule has 5 heteroatoms. The van der Waals surface area contributed by atoms with Crippen molar-refractivity contribution in [3.63, 3.8) is 0 Å². The number of aliphatic hydroxyl groups excluding tert-OH is 1. The minimum Gasteiger partial charge on any atom is -0.396 e. The van der Waals surface area contributed by atoms with E-state index in [0.717, 1.165) is 27.8 Å². The smallest absolute Gasteiger partial charge is 0.123 e. The Morgan fingerprint density at radius 1 is 1.45 bits per heavy atom. The van der Waals surface area contributed by atoms with Gasteiger partial charge in [0.1, 0.15) is 5.82 Å². The van der Waals surface area contributed by atoms with Crippen LogP contribution in [0.15, 0.2) is 28.7 Å². The Kier molecular flexibility index (Phi) is 4.94. The highest BCUT2D eigenvalue weighted by Crippen LogP contribution is 2.28. The van der Waals surface area contributed by atoms with E-state index in [0.29, 0.717) is 6.42 Å². The molecule has 0 amide bonds. The van der Waals surface area contributed by atoms with Gasteiger partial charge < -0.3 is 5.11 Å². The van der Waals surface area contributed by atoms with E-state index >= 15 is 0 Å². The molecule has 1 atom stereocenters. The normalized spacial score (nSPS) is 12.7. The molecule has 0 aliphatic rings. The second-order valence-electron chi connectivity index (χ2n) is 4.82. The monoisotopic (exact) mass is 340 g/mol. The predicted molar refractivity (Wildman–Crippen MR) is 80.2 cm³/mol. The lowest BCUT2D eigenvalue weighted by Crippen LogP contribution is -2.11. The number of halogens is 2. The second-order valence-corrected chi connectivity index (χ2v) is 5.62. The maximum absolute atomic E-state index is 13.3. The van der Waals surface area contributed by atoms with Crippen LogP contribution in [0.3, 0.4) is 0 Å². The number of aryl methyl sites for hydroxylation is 2. The number of benzene rings is 1. The number of aliphatic hydroxyl groups is 1. The molecule has 1 N–H and O–H groups in total. The SMILES string of the molecule is CCc1nn(C)c(CC(CO)c2cccc(F)c2)c1Br. The lowest BCUT2D eigenvalue weighted by Gasteiger charge is -2.15. The quantitative estimate of drug-likeness (QED) is 0.907. The van der Waals surface area contributed by atoms with Gasteiger partial charge >= 0.3 is 0 Å². The maximum atomic E-state index is 13.3. The zero-order valence-corrected chi connectivity index (χ0v) is 13.2. The van der Waals surface area contributed by atoms with E-state index < -0.39 is 0 Å². The molecule has 1 aromatic heterocycles. The van der Waals surface area contributed by atoms with Crippen molar-refractivity contribution in [3.05, 3.63) is 51.5 Å². The molecule has 20 heavy (non-hydrogen) atoms. The molecule has 3 nitrogen and oxygen atoms in total. The van der Waals surface area contributed by atoms with Gasteiger partial charge in [0.25, 0.3) is 0 Å². The standard InChI is InChI=1S/C15H18BrFN2O/c1-3-13-15(16)14(19(2)18-13)8-11(9-20)10-5-4-6-12(17)7-10/h4-7,11,20H,3,8-9H2,1-2H3. The average Bonchev–Trinajstić information content (AvgIpc) is 2.71. The molecule has 0 aliphatic heterocycles. The average molecular weight is 341 g/mol. The van der Waals surface area contributed by atoms with Crippen LogP contribution in [0, 0.1) is 5.82 Å². The van der Waals surface area contributed by atoms with E-state index in [9.17, 15) is 9.50 Å². The van der Waals surface area contributed by atoms with Crippen LogP contribution in [0.1, 0.15) is 29.8 Å². The molecule has 0 saturated heterocycles. The van der Waals surface area contributed by atoms with Crippen LogP contribution in [0.2, 0.25) is 0 Å². The summed E-state index contributed by atoms with van der Waals surface area (Å²) in [7, 11) is 1.89. The molecular formula is C15H18BrFN2O. The number of rotatable bonds is 5. The summed E-state index contributed by atoms with van der Waals surface area (Å²) < 4.78 is 16.1. The number of aromatic nitrogens is 2. The summed E-state index contributed by atoms with van der Waals surface area (Å²) in [6.45, 7) is 2.02. The van der Waals surface area contributed by atoms with Gasteiger partial charge in [-0.25, -0.2) is 4.39 Å². The Morgan fingerprint density at radius 2 is 2.20 bits per heavy atom. The second kappa shape index (κ2) is 6.50. The van der Waals surface area contributed by atoms with Gasteiger partial charge in [0, 0.05) is 13.0 Å². The highest BCUT2D eigenvalue weighted by molar-refractivity contribution is 9.10. The molecule has 0 saturated carbocycles. The molecule has 0 fully saturated rings. The minimum absolute atomic E-state index is 0.0253. The molecule has 1 unspecified atom stereocenters. The summed E-state index contributed by atoms with van der Waals surface area (Å²) in [5.74, 6) is -0.415. The Labute approximate surface area is 126 Å². The molecule has 1 aromatic carbocycles. The van der Waals surface area contributed by atoms with Crippen LogP contribution in [0.25, 0.3) is 0 Å². The van der Waals surface area contributed by atoms with Crippen LogP contribution in [-0.2, 0) is 19.9 Å². The predicted octanol–water partition coefficient (Wildman–Crippen LogP) is 3.20. The first-order valence-corrected chi connectivity index (χ1v) is 7.42. The van der Waals surface area contributed by atoms with E-state index in [4.69, 9.17) is 0 Å². The van der Waals surface area contributed by atoms with Crippen molar-refractivity contribution in [2.24, 2.45) is 7.05 Å². The number of nitrogens with zero attached hydrogens (tertiary/aromatic N) is 2. The maximum Gasteiger partial charge on any atom is 0.123 e. The van der Waals surface area contributed by atoms with Crippen LogP contribution < -0.4 is 0 Å². The Balaban J connectivity index is 2.29. The molecule has 0 spiro atoms. The zero-order chi connectivity index (χ0) is 14.7. The fourth-order valence-corrected chi connectivity index (χ4v) is 3.10. The molecular weight excluding hydrogens is 323 g/mol. The lowest BCUT2D eigenvalue weighted by molar-refractivity contribution is 0.262. The van der Waals surface area contributed by atoms with E-state index in [1.165, 1.54) is 12.1 Å². The van der Waals surface area contributed by atoms with Crippen molar-refractivity contribution in [2.45, 2.75) is 25.7 Å². The van der Waals surface area contributed by atoms with Gasteiger partial charge in [-0.1, -0.05) is 19.1 Å². The zero-order valence-electron chi connectivity index (χ0n) is 11.6. The fraction of sp³-hybridized carbons (Fsp3) is 0.400. The fourth-order valence-electron chi connectivity index (χ4n) is 2.32. The van der Waals surface area contributed by atoms with Crippen molar-refractivity contribution in [1.29, 1.82) is 0 Å². The first kappa shape index (κ1) is 15.2. The minimum atomic E-state index is -0.278. The Bertz CT molecular complexity index is 598. The van der Waals surface area contributed by atoms with Gasteiger partial charge in [0.15, 0.2) is 0 Å². The molecule has 0 bridgehead atoms. The van der Waals surface area contributed by atoms with Crippen molar-refractivity contribution >= 4 is 15.9 Å². The number of hydrogen-bond acceptors (Lipinski definition) is 2. The van der Waals surface area contributed by atoms with Crippen molar-refractivity contribution in [3.8, 4) is 0 Å². The summed E-state index contributed by atoms with van der Waals surface area (Å²) in [4.78, 5) is 0. The topological polar surface area (TPSA) is 38.0 Å². The van der Waals surface area contributed by atoms with Gasteiger partial charge in [-0.15, -0.1) is 0 Å². The third kappa shape index (κ3) is 3.10. The molecule has 0 radical (unpaired) electrons. The van der Waals surface area contributed by atoms with Gasteiger partial charge in [0.2, 0.25) is 0 Å². The van der Waals surface area contributed by atoms with Crippen molar-refractivity contribution < 1.29 is 9.50 Å². The Morgan fingerprint density at radius 3 is 2.75 bits per heavy atom. The summed E-state index contributed by atoms with van der Waals surface area (Å²) >= 11 is 3.57. The van der Waals surface area contributed by atoms with Gasteiger partial charge in [-0.3, -0.25) is 4.68 Å². The third-order valence-corrected chi connectivity index (χ3v) is 4.40. The first-order valence-electron chi connectivity index (χ1n) is 6.63. The van der Waals surface area contributed by atoms with E-state index in [1.807, 2.05) is 24.7 Å². The summed E-state index contributed by atoms with van der Waals surface area (Å²) in [6, 6.07) is 6.40. The third-order valence-electron chi connectivity index (χ3n) is 3.48. The molecule has 0 aliphatic carbocycles. The highest BCUT2D eigenvalue weighted by atomic mass is 79.9. The van der Waals surface area contributed by atoms with Gasteiger partial charge in [-0.05, 0) is 46.5 Å². The van der Waals surface area contributed by atoms with Crippen LogP contribution in [-0.4, -0.2) is 21.5 Å². The van der Waals surface area contributed by atoms with E-state index in [1.54, 1.807) is 6.07 Å². The van der Waals surface area contributed by atoms with Gasteiger partial charge in [-0.2, -0.15) is 5.10 Å². The summed E-state index contributed by atoms with van der Waals surface area (Å²) in [5.41, 5.74) is 2.82. The molecule has 108 valence electrons. The van der Waals surface area contributed by atoms with Crippen LogP contribution in [0.4, 0.5) is 4.39 Å². The first-order chi connectivity index (χ1) is 9.56. The largest absolute Gasteiger partial charge is 0.396 e. The molecule has 2 rings (SSSR count). The summed E-state index contributed by atoms with van der Waals surface area (Å²) in [6.07, 6.45) is 1.46. The van der Waals surface area contributed by atoms with Crippen molar-refractivity contribution in [2.75, 3.05) is 6.61 Å². The van der Waals surface area contributed by atoms with Crippen molar-refractivity contribution in [1.82, 2.24) is 9.78 Å². The Hall–Kier alpha value is -1.20. The number of hydrogen-bond donors (Lipinski definition) is 1. The summed E-state index contributed by atoms with van der Waals surface area (Å²) in [5, 5.41) is 14.1.